The van der Waals surface area contributed by atoms with Crippen LogP contribution in [0.1, 0.15) is 44.5 Å². The molecule has 0 aliphatic carbocycles. The van der Waals surface area contributed by atoms with Crippen molar-refractivity contribution in [3.63, 3.8) is 0 Å². The fraction of sp³-hybridized carbons (Fsp3) is 0.138. The summed E-state index contributed by atoms with van der Waals surface area (Å²) >= 11 is 6.43. The second-order valence-electron chi connectivity index (χ2n) is 8.85. The van der Waals surface area contributed by atoms with E-state index < -0.39 is 23.9 Å². The number of aliphatic imine (C=N–C) groups is 1. The number of hydrogen-bond acceptors (Lipinski definition) is 5. The molecule has 0 saturated heterocycles. The summed E-state index contributed by atoms with van der Waals surface area (Å²) in [7, 11) is 0. The van der Waals surface area contributed by atoms with Crippen molar-refractivity contribution >= 4 is 46.5 Å². The van der Waals surface area contributed by atoms with Gasteiger partial charge in [-0.05, 0) is 31.5 Å². The molecule has 3 N–H and O–H groups in total. The summed E-state index contributed by atoms with van der Waals surface area (Å²) in [4.78, 5) is 45.9. The average Bonchev–Trinajstić information content (AvgIpc) is 3.26. The largest absolute Gasteiger partial charge is 0.321 e. The Morgan fingerprint density at radius 3 is 2.41 bits per heavy atom. The Balaban J connectivity index is 1.45. The predicted octanol–water partition coefficient (Wildman–Crippen LogP) is 4.58. The van der Waals surface area contributed by atoms with Crippen LogP contribution < -0.4 is 15.5 Å². The first-order chi connectivity index (χ1) is 18.9. The van der Waals surface area contributed by atoms with Gasteiger partial charge in [0.25, 0.3) is 17.7 Å². The van der Waals surface area contributed by atoms with Gasteiger partial charge in [-0.25, -0.2) is 4.99 Å². The number of H-pyrrole nitrogens is 1. The molecule has 3 amide bonds. The van der Waals surface area contributed by atoms with Gasteiger partial charge >= 0.3 is 0 Å². The molecule has 1 atom stereocenters. The van der Waals surface area contributed by atoms with Crippen molar-refractivity contribution in [1.82, 2.24) is 15.5 Å². The van der Waals surface area contributed by atoms with Crippen LogP contribution in [0, 0.1) is 6.92 Å². The summed E-state index contributed by atoms with van der Waals surface area (Å²) in [5, 5.41) is 11.8. The topological polar surface area (TPSA) is 120 Å². The SMILES string of the molecule is CCN1C(=O)C(NC(=O)c2[nH]nc(NC(=O)c3ccccc3C)c2Cl)N=C(c2ccccc2)c2ccccc21. The Bertz CT molecular complexity index is 1600. The fourth-order valence-corrected chi connectivity index (χ4v) is 4.65. The van der Waals surface area contributed by atoms with Crippen LogP contribution in [0.2, 0.25) is 5.02 Å². The number of aromatic amines is 1. The molecule has 0 bridgehead atoms. The van der Waals surface area contributed by atoms with Crippen LogP contribution in [-0.4, -0.2) is 46.3 Å². The fourth-order valence-electron chi connectivity index (χ4n) is 4.44. The van der Waals surface area contributed by atoms with E-state index in [4.69, 9.17) is 16.6 Å². The number of aromatic nitrogens is 2. The van der Waals surface area contributed by atoms with Gasteiger partial charge in [-0.15, -0.1) is 0 Å². The van der Waals surface area contributed by atoms with E-state index in [-0.39, 0.29) is 16.5 Å². The number of carbonyl (C=O) groups is 3. The van der Waals surface area contributed by atoms with Gasteiger partial charge in [-0.2, -0.15) is 5.10 Å². The van der Waals surface area contributed by atoms with Gasteiger partial charge in [0.15, 0.2) is 5.82 Å². The number of nitrogens with zero attached hydrogens (tertiary/aromatic N) is 3. The minimum absolute atomic E-state index is 0.00155. The third-order valence-electron chi connectivity index (χ3n) is 6.39. The van der Waals surface area contributed by atoms with Crippen molar-refractivity contribution in [2.24, 2.45) is 4.99 Å². The van der Waals surface area contributed by atoms with Gasteiger partial charge in [0, 0.05) is 23.2 Å². The maximum absolute atomic E-state index is 13.6. The van der Waals surface area contributed by atoms with E-state index in [1.165, 1.54) is 0 Å². The number of hydrogen-bond donors (Lipinski definition) is 3. The quantitative estimate of drug-likeness (QED) is 0.331. The molecule has 5 rings (SSSR count). The van der Waals surface area contributed by atoms with Crippen LogP contribution in [-0.2, 0) is 4.79 Å². The Kier molecular flexibility index (Phi) is 7.25. The van der Waals surface area contributed by atoms with Crippen molar-refractivity contribution in [3.05, 3.63) is 112 Å². The number of nitrogens with one attached hydrogen (secondary N) is 3. The summed E-state index contributed by atoms with van der Waals surface area (Å²) in [6.07, 6.45) is -1.23. The first-order valence-electron chi connectivity index (χ1n) is 12.3. The molecule has 1 aliphatic heterocycles. The van der Waals surface area contributed by atoms with Gasteiger partial charge in [-0.1, -0.05) is 78.3 Å². The molecule has 196 valence electrons. The molecule has 2 heterocycles. The molecule has 0 saturated carbocycles. The number of benzodiazepines with no additional fused rings is 1. The van der Waals surface area contributed by atoms with E-state index in [0.29, 0.717) is 23.5 Å². The van der Waals surface area contributed by atoms with Gasteiger partial charge in [0.2, 0.25) is 6.17 Å². The highest BCUT2D eigenvalue weighted by molar-refractivity contribution is 6.36. The van der Waals surface area contributed by atoms with Gasteiger partial charge in [0.05, 0.1) is 11.4 Å². The zero-order valence-corrected chi connectivity index (χ0v) is 22.0. The molecule has 9 nitrogen and oxygen atoms in total. The molecule has 1 unspecified atom stereocenters. The highest BCUT2D eigenvalue weighted by atomic mass is 35.5. The van der Waals surface area contributed by atoms with Crippen LogP contribution in [0.15, 0.2) is 83.9 Å². The Hall–Kier alpha value is -4.76. The summed E-state index contributed by atoms with van der Waals surface area (Å²) in [6, 6.07) is 24.0. The minimum atomic E-state index is -1.23. The lowest BCUT2D eigenvalue weighted by Gasteiger charge is -2.23. The standard InChI is InChI=1S/C29H25ClN6O3/c1-3-36-21-16-10-9-15-20(21)23(18-12-5-4-6-13-18)31-26(29(36)39)33-28(38)24-22(30)25(35-34-24)32-27(37)19-14-8-7-11-17(19)2/h4-16,26H,3H2,1-2H3,(H,33,38)(H2,32,34,35,37). The van der Waals surface area contributed by atoms with E-state index in [0.717, 1.165) is 16.7 Å². The number of aryl methyl sites for hydroxylation is 1. The number of rotatable bonds is 6. The van der Waals surface area contributed by atoms with Crippen LogP contribution in [0.4, 0.5) is 11.5 Å². The maximum atomic E-state index is 13.6. The molecule has 1 aromatic heterocycles. The Labute approximate surface area is 229 Å². The summed E-state index contributed by atoms with van der Waals surface area (Å²) in [6.45, 7) is 4.04. The first kappa shape index (κ1) is 25.9. The smallest absolute Gasteiger partial charge is 0.272 e. The lowest BCUT2D eigenvalue weighted by atomic mass is 10.0. The van der Waals surface area contributed by atoms with E-state index >= 15 is 0 Å². The minimum Gasteiger partial charge on any atom is -0.321 e. The summed E-state index contributed by atoms with van der Waals surface area (Å²) in [5.74, 6) is -1.51. The molecular weight excluding hydrogens is 516 g/mol. The van der Waals surface area contributed by atoms with Crippen LogP contribution in [0.25, 0.3) is 0 Å². The van der Waals surface area contributed by atoms with Crippen LogP contribution >= 0.6 is 11.6 Å². The van der Waals surface area contributed by atoms with E-state index in [2.05, 4.69) is 20.8 Å². The first-order valence-corrected chi connectivity index (χ1v) is 12.7. The number of para-hydroxylation sites is 1. The third-order valence-corrected chi connectivity index (χ3v) is 6.76. The van der Waals surface area contributed by atoms with Crippen molar-refractivity contribution in [1.29, 1.82) is 0 Å². The number of benzene rings is 3. The van der Waals surface area contributed by atoms with E-state index in [9.17, 15) is 14.4 Å². The van der Waals surface area contributed by atoms with Crippen molar-refractivity contribution in [3.8, 4) is 0 Å². The van der Waals surface area contributed by atoms with Crippen LogP contribution in [0.3, 0.4) is 0 Å². The summed E-state index contributed by atoms with van der Waals surface area (Å²) in [5.41, 5.74) is 3.97. The maximum Gasteiger partial charge on any atom is 0.272 e. The number of anilines is 2. The highest BCUT2D eigenvalue weighted by Gasteiger charge is 2.33. The van der Waals surface area contributed by atoms with Crippen molar-refractivity contribution < 1.29 is 14.4 Å². The zero-order valence-electron chi connectivity index (χ0n) is 21.2. The van der Waals surface area contributed by atoms with Crippen LogP contribution in [0.5, 0.6) is 0 Å². The molecule has 0 fully saturated rings. The molecule has 10 heteroatoms. The van der Waals surface area contributed by atoms with E-state index in [1.807, 2.05) is 80.6 Å². The van der Waals surface area contributed by atoms with E-state index in [1.54, 1.807) is 17.0 Å². The molecule has 0 spiro atoms. The number of likely N-dealkylation sites (N-methyl/N-ethyl adjacent to an activating group) is 1. The van der Waals surface area contributed by atoms with Gasteiger partial charge in [-0.3, -0.25) is 19.5 Å². The van der Waals surface area contributed by atoms with Gasteiger partial charge in [0.1, 0.15) is 10.7 Å². The third kappa shape index (κ3) is 5.04. The van der Waals surface area contributed by atoms with Crippen molar-refractivity contribution in [2.45, 2.75) is 20.0 Å². The number of fused-ring (bicyclic) bond motifs is 1. The average molecular weight is 541 g/mol. The highest BCUT2D eigenvalue weighted by Crippen LogP contribution is 2.29. The lowest BCUT2D eigenvalue weighted by molar-refractivity contribution is -0.120. The lowest BCUT2D eigenvalue weighted by Crippen LogP contribution is -2.47. The predicted molar refractivity (Wildman–Crippen MR) is 151 cm³/mol. The summed E-state index contributed by atoms with van der Waals surface area (Å²) < 4.78 is 0. The zero-order chi connectivity index (χ0) is 27.5. The molecule has 39 heavy (non-hydrogen) atoms. The second kappa shape index (κ2) is 10.9. The molecule has 4 aromatic rings. The van der Waals surface area contributed by atoms with Gasteiger partial charge < -0.3 is 15.5 Å². The number of carbonyl (C=O) groups excluding carboxylic acids is 3. The van der Waals surface area contributed by atoms with Crippen molar-refractivity contribution in [2.75, 3.05) is 16.8 Å². The number of halogens is 1. The second-order valence-corrected chi connectivity index (χ2v) is 9.23. The molecule has 1 aliphatic rings. The number of amides is 3. The molecule has 0 radical (unpaired) electrons. The molecular formula is C29H25ClN6O3. The normalized spacial score (nSPS) is 14.7. The Morgan fingerprint density at radius 2 is 1.67 bits per heavy atom. The Morgan fingerprint density at radius 1 is 0.974 bits per heavy atom. The monoisotopic (exact) mass is 540 g/mol. The molecule has 3 aromatic carbocycles.